The van der Waals surface area contributed by atoms with Crippen LogP contribution in [-0.4, -0.2) is 9.97 Å². The fourth-order valence-corrected chi connectivity index (χ4v) is 7.90. The van der Waals surface area contributed by atoms with Gasteiger partial charge in [0, 0.05) is 51.7 Å². The van der Waals surface area contributed by atoms with Crippen LogP contribution in [0.25, 0.3) is 33.6 Å². The van der Waals surface area contributed by atoms with E-state index in [1.807, 2.05) is 36.7 Å². The number of anilines is 6. The SMILES string of the molecule is Cc1ccc(N(c2ccc(C)cc2)c2ccc(-c3ccc4c(c3)C(C)(C)c3ccccc3N4c3cc(-c4ccccn4)cc(-c4ccccn4)c3)cc2)cc1. The van der Waals surface area contributed by atoms with Gasteiger partial charge in [-0.3, -0.25) is 9.97 Å². The molecule has 0 unspecified atom stereocenters. The zero-order chi connectivity index (χ0) is 37.5. The number of aryl methyl sites for hydroxylation is 2. The molecule has 0 bridgehead atoms. The lowest BCUT2D eigenvalue weighted by Crippen LogP contribution is -2.30. The molecule has 0 radical (unpaired) electrons. The second-order valence-corrected chi connectivity index (χ2v) is 15.0. The number of hydrogen-bond donors (Lipinski definition) is 0. The molecule has 0 amide bonds. The maximum absolute atomic E-state index is 4.74. The summed E-state index contributed by atoms with van der Waals surface area (Å²) in [5.41, 5.74) is 17.9. The Morgan fingerprint density at radius 2 is 0.927 bits per heavy atom. The van der Waals surface area contributed by atoms with Crippen molar-refractivity contribution in [2.24, 2.45) is 0 Å². The third kappa shape index (κ3) is 6.36. The molecule has 0 atom stereocenters. The van der Waals surface area contributed by atoms with Crippen molar-refractivity contribution in [3.8, 4) is 33.6 Å². The van der Waals surface area contributed by atoms with Gasteiger partial charge in [-0.15, -0.1) is 0 Å². The number of fused-ring (bicyclic) bond motifs is 2. The Morgan fingerprint density at radius 3 is 1.47 bits per heavy atom. The number of aromatic nitrogens is 2. The Balaban J connectivity index is 1.15. The van der Waals surface area contributed by atoms with Gasteiger partial charge in [0.2, 0.25) is 0 Å². The van der Waals surface area contributed by atoms with Gasteiger partial charge in [0.15, 0.2) is 0 Å². The van der Waals surface area contributed by atoms with Crippen molar-refractivity contribution in [2.75, 3.05) is 9.80 Å². The van der Waals surface area contributed by atoms with Crippen LogP contribution in [0.15, 0.2) is 182 Å². The summed E-state index contributed by atoms with van der Waals surface area (Å²) in [5, 5.41) is 0. The van der Waals surface area contributed by atoms with Gasteiger partial charge in [0.1, 0.15) is 0 Å². The van der Waals surface area contributed by atoms with Gasteiger partial charge < -0.3 is 9.80 Å². The van der Waals surface area contributed by atoms with Crippen LogP contribution in [0.5, 0.6) is 0 Å². The van der Waals surface area contributed by atoms with Crippen molar-refractivity contribution in [1.82, 2.24) is 9.97 Å². The minimum Gasteiger partial charge on any atom is -0.311 e. The van der Waals surface area contributed by atoms with Crippen LogP contribution in [0, 0.1) is 13.8 Å². The third-order valence-corrected chi connectivity index (χ3v) is 10.9. The molecule has 8 aromatic rings. The highest BCUT2D eigenvalue weighted by Crippen LogP contribution is 2.53. The van der Waals surface area contributed by atoms with Gasteiger partial charge in [-0.25, -0.2) is 0 Å². The number of benzene rings is 6. The maximum Gasteiger partial charge on any atom is 0.0702 e. The van der Waals surface area contributed by atoms with E-state index in [-0.39, 0.29) is 5.41 Å². The molecule has 9 rings (SSSR count). The van der Waals surface area contributed by atoms with E-state index in [1.165, 1.54) is 44.8 Å². The quantitative estimate of drug-likeness (QED) is 0.165. The molecule has 4 nitrogen and oxygen atoms in total. The van der Waals surface area contributed by atoms with Gasteiger partial charge in [-0.05, 0) is 133 Å². The van der Waals surface area contributed by atoms with Crippen molar-refractivity contribution in [3.05, 3.63) is 205 Å². The number of pyridine rings is 2. The van der Waals surface area contributed by atoms with Crippen molar-refractivity contribution < 1.29 is 0 Å². The first-order chi connectivity index (χ1) is 26.8. The highest BCUT2D eigenvalue weighted by Gasteiger charge is 2.37. The fourth-order valence-electron chi connectivity index (χ4n) is 7.90. The van der Waals surface area contributed by atoms with Gasteiger partial charge in [0.25, 0.3) is 0 Å². The Labute approximate surface area is 324 Å². The fraction of sp³-hybridized carbons (Fsp3) is 0.0980. The average molecular weight is 711 g/mol. The molecule has 1 aliphatic heterocycles. The highest BCUT2D eigenvalue weighted by molar-refractivity contribution is 5.90. The van der Waals surface area contributed by atoms with Gasteiger partial charge in [0.05, 0.1) is 22.8 Å². The summed E-state index contributed by atoms with van der Waals surface area (Å²) < 4.78 is 0. The molecular weight excluding hydrogens is 669 g/mol. The molecule has 266 valence electrons. The number of nitrogens with zero attached hydrogens (tertiary/aromatic N) is 4. The maximum atomic E-state index is 4.74. The van der Waals surface area contributed by atoms with E-state index in [0.717, 1.165) is 45.3 Å². The topological polar surface area (TPSA) is 32.3 Å². The summed E-state index contributed by atoms with van der Waals surface area (Å²) >= 11 is 0. The van der Waals surface area contributed by atoms with Crippen molar-refractivity contribution in [2.45, 2.75) is 33.1 Å². The Bertz CT molecular complexity index is 2510. The first-order valence-electron chi connectivity index (χ1n) is 18.9. The van der Waals surface area contributed by atoms with Gasteiger partial charge in [-0.1, -0.05) is 97.8 Å². The third-order valence-electron chi connectivity index (χ3n) is 10.9. The first kappa shape index (κ1) is 34.0. The van der Waals surface area contributed by atoms with E-state index in [1.54, 1.807) is 0 Å². The van der Waals surface area contributed by atoms with E-state index >= 15 is 0 Å². The molecule has 6 aromatic carbocycles. The summed E-state index contributed by atoms with van der Waals surface area (Å²) in [6.45, 7) is 8.95. The zero-order valence-electron chi connectivity index (χ0n) is 31.6. The normalized spacial score (nSPS) is 12.8. The molecule has 0 saturated carbocycles. The molecule has 0 spiro atoms. The molecule has 4 heteroatoms. The summed E-state index contributed by atoms with van der Waals surface area (Å²) in [7, 11) is 0. The summed E-state index contributed by atoms with van der Waals surface area (Å²) in [6.07, 6.45) is 3.71. The Hall–Kier alpha value is -6.78. The smallest absolute Gasteiger partial charge is 0.0702 e. The predicted molar refractivity (Wildman–Crippen MR) is 229 cm³/mol. The lowest BCUT2D eigenvalue weighted by molar-refractivity contribution is 0.632. The number of hydrogen-bond acceptors (Lipinski definition) is 4. The minimum atomic E-state index is -0.242. The monoisotopic (exact) mass is 710 g/mol. The van der Waals surface area contributed by atoms with Gasteiger partial charge >= 0.3 is 0 Å². The van der Waals surface area contributed by atoms with E-state index in [2.05, 4.69) is 183 Å². The molecular formula is C51H42N4. The Morgan fingerprint density at radius 1 is 0.436 bits per heavy atom. The van der Waals surface area contributed by atoms with Crippen molar-refractivity contribution in [1.29, 1.82) is 0 Å². The van der Waals surface area contributed by atoms with E-state index in [4.69, 9.17) is 9.97 Å². The number of rotatable bonds is 7. The standard InChI is InChI=1S/C51H42N4/c1-35-15-22-41(23-16-35)54(42-24-17-36(2)18-25-42)43-26-19-37(20-27-43)38-21-28-50-46(34-38)51(3,4)45-11-5-6-14-49(45)55(50)44-32-39(47-12-7-9-29-52-47)31-40(33-44)48-13-8-10-30-53-48/h5-34H,1-4H3. The summed E-state index contributed by atoms with van der Waals surface area (Å²) in [4.78, 5) is 14.2. The summed E-state index contributed by atoms with van der Waals surface area (Å²) in [5.74, 6) is 0. The van der Waals surface area contributed by atoms with Crippen LogP contribution < -0.4 is 9.80 Å². The van der Waals surface area contributed by atoms with E-state index in [9.17, 15) is 0 Å². The van der Waals surface area contributed by atoms with Crippen LogP contribution in [0.4, 0.5) is 34.1 Å². The van der Waals surface area contributed by atoms with Crippen LogP contribution in [0.2, 0.25) is 0 Å². The predicted octanol–water partition coefficient (Wildman–Crippen LogP) is 13.7. The van der Waals surface area contributed by atoms with Gasteiger partial charge in [-0.2, -0.15) is 0 Å². The van der Waals surface area contributed by atoms with Crippen LogP contribution in [0.1, 0.15) is 36.1 Å². The van der Waals surface area contributed by atoms with Crippen LogP contribution in [-0.2, 0) is 5.41 Å². The molecule has 3 heterocycles. The van der Waals surface area contributed by atoms with E-state index in [0.29, 0.717) is 0 Å². The highest BCUT2D eigenvalue weighted by atomic mass is 15.2. The van der Waals surface area contributed by atoms with Crippen molar-refractivity contribution >= 4 is 34.1 Å². The minimum absolute atomic E-state index is 0.242. The summed E-state index contributed by atoms with van der Waals surface area (Å²) in [6, 6.07) is 61.1. The molecule has 0 N–H and O–H groups in total. The Kier molecular flexibility index (Phi) is 8.59. The second kappa shape index (κ2) is 13.9. The molecule has 0 saturated heterocycles. The van der Waals surface area contributed by atoms with Crippen molar-refractivity contribution in [3.63, 3.8) is 0 Å². The van der Waals surface area contributed by atoms with Crippen LogP contribution >= 0.6 is 0 Å². The first-order valence-corrected chi connectivity index (χ1v) is 18.9. The zero-order valence-corrected chi connectivity index (χ0v) is 31.6. The van der Waals surface area contributed by atoms with E-state index < -0.39 is 0 Å². The molecule has 2 aromatic heterocycles. The molecule has 55 heavy (non-hydrogen) atoms. The molecule has 0 aliphatic carbocycles. The largest absolute Gasteiger partial charge is 0.311 e. The number of para-hydroxylation sites is 1. The molecule has 1 aliphatic rings. The lowest BCUT2D eigenvalue weighted by Gasteiger charge is -2.42. The molecule has 0 fully saturated rings. The lowest BCUT2D eigenvalue weighted by atomic mass is 9.73. The average Bonchev–Trinajstić information content (AvgIpc) is 3.23. The second-order valence-electron chi connectivity index (χ2n) is 15.0. The van der Waals surface area contributed by atoms with Crippen LogP contribution in [0.3, 0.4) is 0 Å².